The van der Waals surface area contributed by atoms with Crippen LogP contribution in [0.15, 0.2) is 12.4 Å². The Balaban J connectivity index is 1.90. The summed E-state index contributed by atoms with van der Waals surface area (Å²) in [7, 11) is 0. The zero-order chi connectivity index (χ0) is 13.5. The number of hydrogen-bond acceptors (Lipinski definition) is 6. The van der Waals surface area contributed by atoms with Crippen LogP contribution in [0.25, 0.3) is 0 Å². The molecule has 6 heteroatoms. The Bertz CT molecular complexity index is 371. The molecule has 1 aliphatic heterocycles. The van der Waals surface area contributed by atoms with Crippen LogP contribution in [-0.4, -0.2) is 54.0 Å². The first-order chi connectivity index (χ1) is 9.33. The van der Waals surface area contributed by atoms with Crippen LogP contribution in [0.5, 0.6) is 0 Å². The third-order valence-electron chi connectivity index (χ3n) is 3.07. The molecule has 0 saturated carbocycles. The molecular formula is C13H22N4O2. The lowest BCUT2D eigenvalue weighted by molar-refractivity contribution is 0.00314. The first kappa shape index (κ1) is 14.2. The predicted molar refractivity (Wildman–Crippen MR) is 73.1 cm³/mol. The van der Waals surface area contributed by atoms with Crippen molar-refractivity contribution in [3.8, 4) is 0 Å². The van der Waals surface area contributed by atoms with Gasteiger partial charge in [-0.1, -0.05) is 6.92 Å². The molecule has 0 aliphatic carbocycles. The van der Waals surface area contributed by atoms with E-state index in [9.17, 15) is 0 Å². The number of aromatic nitrogens is 2. The van der Waals surface area contributed by atoms with Gasteiger partial charge in [-0.25, -0.2) is 9.97 Å². The van der Waals surface area contributed by atoms with Gasteiger partial charge in [0, 0.05) is 37.6 Å². The Kier molecular flexibility index (Phi) is 5.50. The van der Waals surface area contributed by atoms with Crippen molar-refractivity contribution in [3.05, 3.63) is 18.0 Å². The number of rotatable bonds is 6. The smallest absolute Gasteiger partial charge is 0.225 e. The molecule has 1 aromatic rings. The van der Waals surface area contributed by atoms with E-state index in [1.807, 2.05) is 17.3 Å². The van der Waals surface area contributed by atoms with E-state index in [-0.39, 0.29) is 12.7 Å². The summed E-state index contributed by atoms with van der Waals surface area (Å²) in [5, 5.41) is 12.4. The lowest BCUT2D eigenvalue weighted by atomic mass is 10.3. The van der Waals surface area contributed by atoms with Crippen molar-refractivity contribution < 1.29 is 9.84 Å². The van der Waals surface area contributed by atoms with Gasteiger partial charge in [0.15, 0.2) is 0 Å². The van der Waals surface area contributed by atoms with Crippen LogP contribution in [0.3, 0.4) is 0 Å². The molecule has 0 amide bonds. The van der Waals surface area contributed by atoms with Crippen LogP contribution < -0.4 is 10.2 Å². The SMILES string of the molecule is CCCNCc1cnc(N2CCOC(CO)C2)nc1. The largest absolute Gasteiger partial charge is 0.394 e. The number of nitrogens with zero attached hydrogens (tertiary/aromatic N) is 3. The van der Waals surface area contributed by atoms with E-state index in [4.69, 9.17) is 9.84 Å². The molecule has 0 spiro atoms. The topological polar surface area (TPSA) is 70.5 Å². The first-order valence-corrected chi connectivity index (χ1v) is 6.82. The molecule has 0 aromatic carbocycles. The summed E-state index contributed by atoms with van der Waals surface area (Å²) in [4.78, 5) is 10.8. The van der Waals surface area contributed by atoms with Gasteiger partial charge in [-0.2, -0.15) is 0 Å². The van der Waals surface area contributed by atoms with Gasteiger partial charge in [0.05, 0.1) is 19.3 Å². The number of morpholine rings is 1. The zero-order valence-electron chi connectivity index (χ0n) is 11.4. The molecule has 2 heterocycles. The average Bonchev–Trinajstić information content (AvgIpc) is 2.48. The summed E-state index contributed by atoms with van der Waals surface area (Å²) >= 11 is 0. The number of ether oxygens (including phenoxy) is 1. The molecule has 6 nitrogen and oxygen atoms in total. The Morgan fingerprint density at radius 1 is 1.47 bits per heavy atom. The second-order valence-corrected chi connectivity index (χ2v) is 4.69. The maximum Gasteiger partial charge on any atom is 0.225 e. The molecule has 1 aromatic heterocycles. The van der Waals surface area contributed by atoms with E-state index in [0.717, 1.165) is 31.6 Å². The minimum atomic E-state index is -0.136. The summed E-state index contributed by atoms with van der Waals surface area (Å²) in [5.74, 6) is 0.709. The van der Waals surface area contributed by atoms with Crippen LogP contribution in [0.2, 0.25) is 0 Å². The fourth-order valence-electron chi connectivity index (χ4n) is 2.02. The number of aliphatic hydroxyl groups excluding tert-OH is 1. The van der Waals surface area contributed by atoms with Gasteiger partial charge in [0.2, 0.25) is 5.95 Å². The number of hydrogen-bond donors (Lipinski definition) is 2. The van der Waals surface area contributed by atoms with Crippen molar-refractivity contribution in [2.75, 3.05) is 37.7 Å². The third-order valence-corrected chi connectivity index (χ3v) is 3.07. The summed E-state index contributed by atoms with van der Waals surface area (Å²) in [5.41, 5.74) is 1.09. The van der Waals surface area contributed by atoms with Crippen LogP contribution in [0.4, 0.5) is 5.95 Å². The Morgan fingerprint density at radius 3 is 2.95 bits per heavy atom. The molecule has 1 fully saturated rings. The summed E-state index contributed by atoms with van der Waals surface area (Å²) in [6.45, 7) is 6.00. The van der Waals surface area contributed by atoms with E-state index in [0.29, 0.717) is 19.1 Å². The van der Waals surface area contributed by atoms with Gasteiger partial charge in [-0.15, -0.1) is 0 Å². The Hall–Kier alpha value is -1.24. The highest BCUT2D eigenvalue weighted by atomic mass is 16.5. The van der Waals surface area contributed by atoms with E-state index in [2.05, 4.69) is 22.2 Å². The molecule has 2 rings (SSSR count). The predicted octanol–water partition coefficient (Wildman–Crippen LogP) is 0.174. The normalized spacial score (nSPS) is 19.7. The molecule has 106 valence electrons. The molecule has 1 atom stereocenters. The minimum Gasteiger partial charge on any atom is -0.394 e. The number of aliphatic hydroxyl groups is 1. The third kappa shape index (κ3) is 4.12. The van der Waals surface area contributed by atoms with Gasteiger partial charge >= 0.3 is 0 Å². The highest BCUT2D eigenvalue weighted by Crippen LogP contribution is 2.12. The second-order valence-electron chi connectivity index (χ2n) is 4.69. The van der Waals surface area contributed by atoms with Crippen molar-refractivity contribution in [2.24, 2.45) is 0 Å². The Labute approximate surface area is 113 Å². The van der Waals surface area contributed by atoms with Gasteiger partial charge in [-0.05, 0) is 13.0 Å². The van der Waals surface area contributed by atoms with Crippen molar-refractivity contribution in [3.63, 3.8) is 0 Å². The molecule has 0 bridgehead atoms. The number of anilines is 1. The van der Waals surface area contributed by atoms with Gasteiger partial charge in [-0.3, -0.25) is 0 Å². The molecule has 2 N–H and O–H groups in total. The zero-order valence-corrected chi connectivity index (χ0v) is 11.4. The Morgan fingerprint density at radius 2 is 2.26 bits per heavy atom. The van der Waals surface area contributed by atoms with E-state index in [1.165, 1.54) is 0 Å². The van der Waals surface area contributed by atoms with Crippen molar-refractivity contribution in [1.29, 1.82) is 0 Å². The highest BCUT2D eigenvalue weighted by Gasteiger charge is 2.21. The van der Waals surface area contributed by atoms with Crippen molar-refractivity contribution >= 4 is 5.95 Å². The fraction of sp³-hybridized carbons (Fsp3) is 0.692. The number of nitrogens with one attached hydrogen (secondary N) is 1. The summed E-state index contributed by atoms with van der Waals surface area (Å²) < 4.78 is 5.41. The van der Waals surface area contributed by atoms with E-state index >= 15 is 0 Å². The lowest BCUT2D eigenvalue weighted by Crippen LogP contribution is -2.44. The monoisotopic (exact) mass is 266 g/mol. The molecule has 1 unspecified atom stereocenters. The average molecular weight is 266 g/mol. The molecule has 19 heavy (non-hydrogen) atoms. The van der Waals surface area contributed by atoms with Crippen LogP contribution in [0.1, 0.15) is 18.9 Å². The lowest BCUT2D eigenvalue weighted by Gasteiger charge is -2.31. The first-order valence-electron chi connectivity index (χ1n) is 6.82. The van der Waals surface area contributed by atoms with Crippen LogP contribution >= 0.6 is 0 Å². The van der Waals surface area contributed by atoms with Crippen LogP contribution in [0, 0.1) is 0 Å². The van der Waals surface area contributed by atoms with Crippen molar-refractivity contribution in [1.82, 2.24) is 15.3 Å². The maximum absolute atomic E-state index is 9.12. The maximum atomic E-state index is 9.12. The molecule has 1 saturated heterocycles. The second kappa shape index (κ2) is 7.37. The standard InChI is InChI=1S/C13H22N4O2/c1-2-3-14-6-11-7-15-13(16-8-11)17-4-5-19-12(9-17)10-18/h7-8,12,14,18H,2-6,9-10H2,1H3. The van der Waals surface area contributed by atoms with E-state index < -0.39 is 0 Å². The molecular weight excluding hydrogens is 244 g/mol. The van der Waals surface area contributed by atoms with Gasteiger partial charge in [0.1, 0.15) is 0 Å². The van der Waals surface area contributed by atoms with Gasteiger partial charge in [0.25, 0.3) is 0 Å². The minimum absolute atomic E-state index is 0.0372. The van der Waals surface area contributed by atoms with Crippen LogP contribution in [-0.2, 0) is 11.3 Å². The van der Waals surface area contributed by atoms with Crippen molar-refractivity contribution in [2.45, 2.75) is 26.0 Å². The summed E-state index contributed by atoms with van der Waals surface area (Å²) in [6, 6.07) is 0. The summed E-state index contributed by atoms with van der Waals surface area (Å²) in [6.07, 6.45) is 4.70. The van der Waals surface area contributed by atoms with Gasteiger partial charge < -0.3 is 20.1 Å². The molecule has 1 aliphatic rings. The highest BCUT2D eigenvalue weighted by molar-refractivity contribution is 5.30. The van der Waals surface area contributed by atoms with E-state index in [1.54, 1.807) is 0 Å². The molecule has 0 radical (unpaired) electrons. The quantitative estimate of drug-likeness (QED) is 0.716. The fourth-order valence-corrected chi connectivity index (χ4v) is 2.02.